The molecule has 1 heterocycles. The molecule has 0 atom stereocenters. The van der Waals surface area contributed by atoms with Gasteiger partial charge in [0.25, 0.3) is 0 Å². The van der Waals surface area contributed by atoms with Crippen molar-refractivity contribution in [3.05, 3.63) is 27.5 Å². The quantitative estimate of drug-likeness (QED) is 0.777. The lowest BCUT2D eigenvalue weighted by Gasteiger charge is -1.88. The molecular formula is C10H12O2S2. The van der Waals surface area contributed by atoms with Gasteiger partial charge in [-0.1, -0.05) is 6.08 Å². The van der Waals surface area contributed by atoms with Crippen molar-refractivity contribution in [1.82, 2.24) is 0 Å². The van der Waals surface area contributed by atoms with Gasteiger partial charge in [0.1, 0.15) is 4.88 Å². The van der Waals surface area contributed by atoms with Gasteiger partial charge in [0.2, 0.25) is 0 Å². The van der Waals surface area contributed by atoms with Crippen LogP contribution in [0.5, 0.6) is 0 Å². The van der Waals surface area contributed by atoms with E-state index in [1.807, 2.05) is 19.1 Å². The largest absolute Gasteiger partial charge is 0.477 e. The molecule has 76 valence electrons. The average Bonchev–Trinajstić information content (AvgIpc) is 2.49. The minimum atomic E-state index is -0.855. The fourth-order valence-corrected chi connectivity index (χ4v) is 2.13. The van der Waals surface area contributed by atoms with Gasteiger partial charge in [-0.2, -0.15) is 12.6 Å². The van der Waals surface area contributed by atoms with Crippen LogP contribution >= 0.6 is 24.0 Å². The summed E-state index contributed by atoms with van der Waals surface area (Å²) in [5, 5.41) is 8.77. The van der Waals surface area contributed by atoms with Gasteiger partial charge in [-0.05, 0) is 36.8 Å². The molecule has 0 aromatic carbocycles. The molecule has 14 heavy (non-hydrogen) atoms. The van der Waals surface area contributed by atoms with E-state index in [9.17, 15) is 4.79 Å². The number of thiol groups is 1. The Bertz CT molecular complexity index is 353. The first-order valence-corrected chi connectivity index (χ1v) is 5.71. The number of allylic oxidation sites excluding steroid dienone is 1. The highest BCUT2D eigenvalue weighted by molar-refractivity contribution is 7.80. The van der Waals surface area contributed by atoms with Crippen LogP contribution < -0.4 is 0 Å². The topological polar surface area (TPSA) is 37.3 Å². The van der Waals surface area contributed by atoms with Crippen LogP contribution in [0.15, 0.2) is 12.1 Å². The maximum Gasteiger partial charge on any atom is 0.345 e. The summed E-state index contributed by atoms with van der Waals surface area (Å²) in [6.07, 6.45) is 4.88. The summed E-state index contributed by atoms with van der Waals surface area (Å²) >= 11 is 5.40. The SMILES string of the molecule is Cc1cc(C(=O)O)sc1C=CCCS. The summed E-state index contributed by atoms with van der Waals surface area (Å²) < 4.78 is 0. The van der Waals surface area contributed by atoms with Gasteiger partial charge in [0.05, 0.1) is 0 Å². The van der Waals surface area contributed by atoms with Crippen LogP contribution in [-0.4, -0.2) is 16.8 Å². The molecule has 0 radical (unpaired) electrons. The zero-order valence-electron chi connectivity index (χ0n) is 7.86. The molecule has 0 spiro atoms. The minimum absolute atomic E-state index is 0.396. The molecule has 0 aliphatic rings. The van der Waals surface area contributed by atoms with Crippen molar-refractivity contribution >= 4 is 36.0 Å². The number of hydrogen-bond acceptors (Lipinski definition) is 3. The van der Waals surface area contributed by atoms with Crippen LogP contribution in [0.3, 0.4) is 0 Å². The number of carbonyl (C=O) groups is 1. The number of thiophene rings is 1. The maximum absolute atomic E-state index is 10.7. The highest BCUT2D eigenvalue weighted by Gasteiger charge is 2.08. The number of rotatable bonds is 4. The molecule has 1 rings (SSSR count). The van der Waals surface area contributed by atoms with Crippen molar-refractivity contribution in [3.8, 4) is 0 Å². The highest BCUT2D eigenvalue weighted by atomic mass is 32.1. The second-order valence-corrected chi connectivity index (χ2v) is 4.41. The monoisotopic (exact) mass is 228 g/mol. The highest BCUT2D eigenvalue weighted by Crippen LogP contribution is 2.23. The number of carboxylic acids is 1. The lowest BCUT2D eigenvalue weighted by molar-refractivity contribution is 0.0702. The molecule has 0 bridgehead atoms. The molecule has 1 aromatic rings. The van der Waals surface area contributed by atoms with Crippen LogP contribution in [0.1, 0.15) is 26.5 Å². The Morgan fingerprint density at radius 2 is 2.43 bits per heavy atom. The first-order valence-electron chi connectivity index (χ1n) is 4.26. The van der Waals surface area contributed by atoms with E-state index in [0.717, 1.165) is 22.6 Å². The van der Waals surface area contributed by atoms with Crippen LogP contribution in [0.4, 0.5) is 0 Å². The Morgan fingerprint density at radius 3 is 2.93 bits per heavy atom. The first-order chi connectivity index (χ1) is 6.65. The van der Waals surface area contributed by atoms with Gasteiger partial charge in [0.15, 0.2) is 0 Å². The van der Waals surface area contributed by atoms with E-state index in [4.69, 9.17) is 5.11 Å². The Morgan fingerprint density at radius 1 is 1.71 bits per heavy atom. The van der Waals surface area contributed by atoms with E-state index in [0.29, 0.717) is 4.88 Å². The molecule has 0 unspecified atom stereocenters. The van der Waals surface area contributed by atoms with E-state index in [1.54, 1.807) is 6.07 Å². The third-order valence-corrected chi connectivity index (χ3v) is 3.18. The Hall–Kier alpha value is -0.740. The molecule has 2 nitrogen and oxygen atoms in total. The summed E-state index contributed by atoms with van der Waals surface area (Å²) in [5.41, 5.74) is 1.02. The molecule has 0 saturated heterocycles. The Balaban J connectivity index is 2.82. The van der Waals surface area contributed by atoms with Crippen LogP contribution in [0.2, 0.25) is 0 Å². The fraction of sp³-hybridized carbons (Fsp3) is 0.300. The molecule has 0 amide bonds. The fourth-order valence-electron chi connectivity index (χ4n) is 1.03. The average molecular weight is 228 g/mol. The van der Waals surface area contributed by atoms with E-state index in [1.165, 1.54) is 11.3 Å². The van der Waals surface area contributed by atoms with Crippen LogP contribution in [0.25, 0.3) is 6.08 Å². The third-order valence-electron chi connectivity index (χ3n) is 1.73. The van der Waals surface area contributed by atoms with Crippen LogP contribution in [-0.2, 0) is 0 Å². The third kappa shape index (κ3) is 2.89. The van der Waals surface area contributed by atoms with Crippen molar-refractivity contribution < 1.29 is 9.90 Å². The van der Waals surface area contributed by atoms with Crippen molar-refractivity contribution in [1.29, 1.82) is 0 Å². The molecule has 0 fully saturated rings. The van der Waals surface area contributed by atoms with Gasteiger partial charge in [-0.3, -0.25) is 0 Å². The summed E-state index contributed by atoms with van der Waals surface area (Å²) in [6.45, 7) is 1.92. The lowest BCUT2D eigenvalue weighted by Crippen LogP contribution is -1.89. The zero-order valence-corrected chi connectivity index (χ0v) is 9.57. The van der Waals surface area contributed by atoms with Crippen LogP contribution in [0, 0.1) is 6.92 Å². The van der Waals surface area contributed by atoms with E-state index in [-0.39, 0.29) is 0 Å². The normalized spacial score (nSPS) is 11.0. The summed E-state index contributed by atoms with van der Waals surface area (Å²) in [5.74, 6) is -0.0425. The number of carboxylic acid groups (broad SMARTS) is 1. The van der Waals surface area contributed by atoms with Gasteiger partial charge < -0.3 is 5.11 Å². The first kappa shape index (κ1) is 11.3. The van der Waals surface area contributed by atoms with Gasteiger partial charge in [-0.15, -0.1) is 11.3 Å². The smallest absolute Gasteiger partial charge is 0.345 e. The second kappa shape index (κ2) is 5.22. The molecular weight excluding hydrogens is 216 g/mol. The number of hydrogen-bond donors (Lipinski definition) is 2. The van der Waals surface area contributed by atoms with Gasteiger partial charge >= 0.3 is 5.97 Å². The molecule has 0 aliphatic heterocycles. The predicted octanol–water partition coefficient (Wildman–Crippen LogP) is 3.09. The van der Waals surface area contributed by atoms with Crippen molar-refractivity contribution in [2.45, 2.75) is 13.3 Å². The van der Waals surface area contributed by atoms with Gasteiger partial charge in [-0.25, -0.2) is 4.79 Å². The zero-order chi connectivity index (χ0) is 10.6. The van der Waals surface area contributed by atoms with E-state index in [2.05, 4.69) is 12.6 Å². The minimum Gasteiger partial charge on any atom is -0.477 e. The van der Waals surface area contributed by atoms with E-state index >= 15 is 0 Å². The maximum atomic E-state index is 10.7. The Labute approximate surface area is 92.7 Å². The Kier molecular flexibility index (Phi) is 4.22. The molecule has 4 heteroatoms. The number of aromatic carboxylic acids is 1. The lowest BCUT2D eigenvalue weighted by atomic mass is 10.2. The van der Waals surface area contributed by atoms with Crippen molar-refractivity contribution in [2.24, 2.45) is 0 Å². The molecule has 1 N–H and O–H groups in total. The van der Waals surface area contributed by atoms with Gasteiger partial charge in [0, 0.05) is 4.88 Å². The summed E-state index contributed by atoms with van der Waals surface area (Å²) in [4.78, 5) is 12.1. The predicted molar refractivity (Wildman–Crippen MR) is 63.5 cm³/mol. The van der Waals surface area contributed by atoms with E-state index < -0.39 is 5.97 Å². The molecule has 0 aliphatic carbocycles. The summed E-state index contributed by atoms with van der Waals surface area (Å²) in [7, 11) is 0. The second-order valence-electron chi connectivity index (χ2n) is 2.88. The van der Waals surface area contributed by atoms with Crippen molar-refractivity contribution in [3.63, 3.8) is 0 Å². The molecule has 0 saturated carbocycles. The summed E-state index contributed by atoms with van der Waals surface area (Å²) in [6, 6.07) is 1.70. The standard InChI is InChI=1S/C10H12O2S2/c1-7-6-9(10(11)12)14-8(7)4-2-3-5-13/h2,4,6,13H,3,5H2,1H3,(H,11,12). The van der Waals surface area contributed by atoms with Crippen molar-refractivity contribution in [2.75, 3.05) is 5.75 Å². The number of aryl methyl sites for hydroxylation is 1. The molecule has 1 aromatic heterocycles.